The summed E-state index contributed by atoms with van der Waals surface area (Å²) in [5.74, 6) is 0. The molecule has 0 aliphatic heterocycles. The molecule has 0 saturated carbocycles. The van der Waals surface area contributed by atoms with Gasteiger partial charge < -0.3 is 24.3 Å². The van der Waals surface area contributed by atoms with Gasteiger partial charge in [0.1, 0.15) is 0 Å². The van der Waals surface area contributed by atoms with Crippen LogP contribution in [-0.2, 0) is 18.9 Å². The first-order chi connectivity index (χ1) is 10.1. The van der Waals surface area contributed by atoms with Crippen molar-refractivity contribution in [2.24, 2.45) is 0 Å². The van der Waals surface area contributed by atoms with Crippen molar-refractivity contribution in [2.45, 2.75) is 49.3 Å². The average molecular weight is 338 g/mol. The first-order valence-electron chi connectivity index (χ1n) is 7.89. The summed E-state index contributed by atoms with van der Waals surface area (Å²) in [6.07, 6.45) is 4.35. The zero-order chi connectivity index (χ0) is 16.1. The molecule has 2 atom stereocenters. The Morgan fingerprint density at radius 2 is 1.05 bits per heavy atom. The second kappa shape index (κ2) is 13.9. The highest BCUT2D eigenvalue weighted by atomic mass is 28.1. The molecule has 0 heterocycles. The number of methoxy groups -OCH3 is 4. The van der Waals surface area contributed by atoms with Crippen molar-refractivity contribution in [3.8, 4) is 0 Å². The van der Waals surface area contributed by atoms with Gasteiger partial charge in [-0.2, -0.15) is 0 Å². The van der Waals surface area contributed by atoms with Crippen LogP contribution in [0.5, 0.6) is 0 Å². The van der Waals surface area contributed by atoms with Crippen molar-refractivity contribution >= 4 is 20.5 Å². The summed E-state index contributed by atoms with van der Waals surface area (Å²) in [5.41, 5.74) is 1.47. The average Bonchev–Trinajstić information content (AvgIpc) is 2.49. The maximum Gasteiger partial charge on any atom is 0.156 e. The van der Waals surface area contributed by atoms with E-state index < -0.39 is 0 Å². The van der Waals surface area contributed by atoms with E-state index in [1.165, 1.54) is 33.3 Å². The second-order valence-corrected chi connectivity index (χ2v) is 9.08. The van der Waals surface area contributed by atoms with Gasteiger partial charge in [0.25, 0.3) is 0 Å². The molecular formula is C14H35NO4Si2. The third-order valence-electron chi connectivity index (χ3n) is 3.87. The van der Waals surface area contributed by atoms with Gasteiger partial charge in [-0.3, -0.25) is 0 Å². The number of nitrogens with one attached hydrogen (secondary N) is 1. The second-order valence-electron chi connectivity index (χ2n) is 5.81. The van der Waals surface area contributed by atoms with Crippen LogP contribution in [0.2, 0.25) is 11.1 Å². The van der Waals surface area contributed by atoms with Gasteiger partial charge in [0.2, 0.25) is 0 Å². The molecule has 1 N–H and O–H groups in total. The minimum atomic E-state index is -0.0430. The molecule has 0 aromatic carbocycles. The van der Waals surface area contributed by atoms with Crippen LogP contribution in [0.25, 0.3) is 0 Å². The number of hydrogen-bond donors (Lipinski definition) is 1. The van der Waals surface area contributed by atoms with E-state index in [1.807, 2.05) is 0 Å². The van der Waals surface area contributed by atoms with E-state index in [-0.39, 0.29) is 12.6 Å². The molecule has 0 fully saturated rings. The molecule has 2 unspecified atom stereocenters. The molecule has 0 amide bonds. The maximum atomic E-state index is 5.25. The molecule has 7 heteroatoms. The minimum absolute atomic E-state index is 0.0430. The molecular weight excluding hydrogens is 302 g/mol. The highest BCUT2D eigenvalue weighted by molar-refractivity contribution is 6.11. The summed E-state index contributed by atoms with van der Waals surface area (Å²) in [7, 11) is 9.20. The summed E-state index contributed by atoms with van der Waals surface area (Å²) < 4.78 is 21.0. The predicted octanol–water partition coefficient (Wildman–Crippen LogP) is -0.318. The fourth-order valence-corrected chi connectivity index (χ4v) is 3.64. The van der Waals surface area contributed by atoms with Gasteiger partial charge in [-0.25, -0.2) is 0 Å². The fourth-order valence-electron chi connectivity index (χ4n) is 2.29. The van der Waals surface area contributed by atoms with E-state index in [4.69, 9.17) is 18.9 Å². The normalized spacial score (nSPS) is 15.1. The molecule has 0 rings (SSSR count). The van der Waals surface area contributed by atoms with Crippen LogP contribution >= 0.6 is 0 Å². The first kappa shape index (κ1) is 21.2. The SMILES string of the molecule is COC(CC([SiH3])CCNCCC([SiH3])CC(OC)OC)OC. The van der Waals surface area contributed by atoms with Gasteiger partial charge in [0, 0.05) is 48.9 Å². The third-order valence-corrected chi connectivity index (χ3v) is 5.97. The Balaban J connectivity index is 3.58. The summed E-state index contributed by atoms with van der Waals surface area (Å²) in [4.78, 5) is 0. The lowest BCUT2D eigenvalue weighted by atomic mass is 10.2. The van der Waals surface area contributed by atoms with Crippen molar-refractivity contribution < 1.29 is 18.9 Å². The third kappa shape index (κ3) is 11.5. The summed E-state index contributed by atoms with van der Waals surface area (Å²) in [5, 5.41) is 3.55. The summed E-state index contributed by atoms with van der Waals surface area (Å²) in [6.45, 7) is 2.17. The lowest BCUT2D eigenvalue weighted by Gasteiger charge is -2.20. The maximum absolute atomic E-state index is 5.25. The molecule has 0 spiro atoms. The van der Waals surface area contributed by atoms with Crippen molar-refractivity contribution in [3.05, 3.63) is 0 Å². The van der Waals surface area contributed by atoms with Crippen LogP contribution in [0.1, 0.15) is 25.7 Å². The molecule has 0 aromatic heterocycles. The van der Waals surface area contributed by atoms with Crippen LogP contribution in [-0.4, -0.2) is 74.6 Å². The molecule has 0 saturated heterocycles. The Labute approximate surface area is 136 Å². The van der Waals surface area contributed by atoms with Crippen molar-refractivity contribution in [1.29, 1.82) is 0 Å². The van der Waals surface area contributed by atoms with Crippen molar-refractivity contribution in [2.75, 3.05) is 41.5 Å². The quantitative estimate of drug-likeness (QED) is 0.267. The molecule has 0 aliphatic rings. The number of rotatable bonds is 14. The van der Waals surface area contributed by atoms with Gasteiger partial charge in [0.05, 0.1) is 0 Å². The van der Waals surface area contributed by atoms with Crippen LogP contribution in [0.15, 0.2) is 0 Å². The minimum Gasteiger partial charge on any atom is -0.356 e. The Morgan fingerprint density at radius 3 is 1.33 bits per heavy atom. The summed E-state index contributed by atoms with van der Waals surface area (Å²) in [6, 6.07) is 0. The lowest BCUT2D eigenvalue weighted by molar-refractivity contribution is -0.106. The zero-order valence-corrected chi connectivity index (χ0v) is 18.7. The lowest BCUT2D eigenvalue weighted by Crippen LogP contribution is -2.23. The Hall–Kier alpha value is 0.234. The van der Waals surface area contributed by atoms with E-state index >= 15 is 0 Å². The monoisotopic (exact) mass is 337 g/mol. The Kier molecular flexibility index (Phi) is 14.0. The van der Waals surface area contributed by atoms with Gasteiger partial charge in [-0.15, -0.1) is 0 Å². The van der Waals surface area contributed by atoms with Crippen molar-refractivity contribution in [3.63, 3.8) is 0 Å². The molecule has 5 nitrogen and oxygen atoms in total. The largest absolute Gasteiger partial charge is 0.356 e. The van der Waals surface area contributed by atoms with E-state index in [2.05, 4.69) is 5.32 Å². The van der Waals surface area contributed by atoms with Gasteiger partial charge in [-0.1, -0.05) is 0 Å². The topological polar surface area (TPSA) is 49.0 Å². The zero-order valence-electron chi connectivity index (χ0n) is 14.7. The van der Waals surface area contributed by atoms with Crippen LogP contribution in [0, 0.1) is 0 Å². The molecule has 128 valence electrons. The smallest absolute Gasteiger partial charge is 0.156 e. The van der Waals surface area contributed by atoms with Gasteiger partial charge in [0.15, 0.2) is 12.6 Å². The van der Waals surface area contributed by atoms with E-state index in [9.17, 15) is 0 Å². The van der Waals surface area contributed by atoms with Gasteiger partial charge in [-0.05, 0) is 49.9 Å². The van der Waals surface area contributed by atoms with Gasteiger partial charge >= 0.3 is 0 Å². The predicted molar refractivity (Wildman–Crippen MR) is 94.3 cm³/mol. The number of hydrogen-bond acceptors (Lipinski definition) is 5. The molecule has 21 heavy (non-hydrogen) atoms. The van der Waals surface area contributed by atoms with Crippen molar-refractivity contribution in [1.82, 2.24) is 5.32 Å². The van der Waals surface area contributed by atoms with Crippen LogP contribution in [0.4, 0.5) is 0 Å². The summed E-state index contributed by atoms with van der Waals surface area (Å²) >= 11 is 0. The van der Waals surface area contributed by atoms with E-state index in [0.29, 0.717) is 0 Å². The molecule has 0 aromatic rings. The van der Waals surface area contributed by atoms with E-state index in [1.54, 1.807) is 28.4 Å². The highest BCUT2D eigenvalue weighted by Crippen LogP contribution is 2.17. The highest BCUT2D eigenvalue weighted by Gasteiger charge is 2.12. The van der Waals surface area contributed by atoms with E-state index in [0.717, 1.165) is 37.0 Å². The molecule has 0 radical (unpaired) electrons. The first-order valence-corrected chi connectivity index (χ1v) is 10.2. The fraction of sp³-hybridized carbons (Fsp3) is 1.00. The molecule has 0 bridgehead atoms. The van der Waals surface area contributed by atoms with Crippen LogP contribution in [0.3, 0.4) is 0 Å². The standard InChI is InChI=1S/C14H35NO4Si2/c1-16-13(17-2)9-11(20)5-7-15-8-6-12(21)10-14(18-3)19-4/h11-15H,5-10H2,1-4,20-21H3. The Bertz CT molecular complexity index is 207. The van der Waals surface area contributed by atoms with Crippen LogP contribution < -0.4 is 5.32 Å². The molecule has 0 aliphatic carbocycles. The Morgan fingerprint density at radius 1 is 0.714 bits per heavy atom. The number of ether oxygens (including phenoxy) is 4.